The molecule has 0 spiro atoms. The summed E-state index contributed by atoms with van der Waals surface area (Å²) in [6, 6.07) is 4.55. The lowest BCUT2D eigenvalue weighted by molar-refractivity contribution is -0.127. The molecule has 2 N–H and O–H groups in total. The molecule has 2 unspecified atom stereocenters. The Balaban J connectivity index is 2.19. The van der Waals surface area contributed by atoms with Crippen LogP contribution in [0.15, 0.2) is 17.5 Å². The van der Waals surface area contributed by atoms with Gasteiger partial charge in [-0.3, -0.25) is 9.69 Å². The molecule has 1 aliphatic heterocycles. The van der Waals surface area contributed by atoms with E-state index in [0.717, 1.165) is 26.1 Å². The zero-order valence-electron chi connectivity index (χ0n) is 11.0. The number of nitrogens with one attached hydrogen (secondary N) is 2. The first kappa shape index (κ1) is 13.5. The van der Waals surface area contributed by atoms with Crippen LogP contribution >= 0.6 is 11.3 Å². The second kappa shape index (κ2) is 6.31. The second-order valence-electron chi connectivity index (χ2n) is 4.51. The van der Waals surface area contributed by atoms with E-state index in [-0.39, 0.29) is 11.9 Å². The molecule has 18 heavy (non-hydrogen) atoms. The predicted octanol–water partition coefficient (Wildman–Crippen LogP) is 1.22. The molecule has 5 heteroatoms. The molecule has 1 saturated heterocycles. The van der Waals surface area contributed by atoms with Gasteiger partial charge in [-0.1, -0.05) is 13.0 Å². The average Bonchev–Trinajstić information content (AvgIpc) is 2.93. The van der Waals surface area contributed by atoms with Gasteiger partial charge < -0.3 is 10.6 Å². The van der Waals surface area contributed by atoms with Crippen LogP contribution in [0.1, 0.15) is 24.3 Å². The standard InChI is InChI=1S/C13H21N3OS/c1-3-10(12-5-4-8-18-12)16-7-6-15-9-11(16)13(17)14-2/h4-5,8,10-11,15H,3,6-7,9H2,1-2H3,(H,14,17). The monoisotopic (exact) mass is 267 g/mol. The Kier molecular flexibility index (Phi) is 4.74. The highest BCUT2D eigenvalue weighted by Crippen LogP contribution is 2.30. The molecule has 2 atom stereocenters. The lowest BCUT2D eigenvalue weighted by atomic mass is 10.1. The maximum Gasteiger partial charge on any atom is 0.238 e. The first-order valence-electron chi connectivity index (χ1n) is 6.49. The first-order valence-corrected chi connectivity index (χ1v) is 7.37. The topological polar surface area (TPSA) is 44.4 Å². The van der Waals surface area contributed by atoms with E-state index in [1.54, 1.807) is 18.4 Å². The predicted molar refractivity (Wildman–Crippen MR) is 74.8 cm³/mol. The van der Waals surface area contributed by atoms with Crippen molar-refractivity contribution < 1.29 is 4.79 Å². The van der Waals surface area contributed by atoms with Crippen molar-refractivity contribution in [3.63, 3.8) is 0 Å². The molecule has 0 aromatic carbocycles. The molecule has 2 rings (SSSR count). The number of rotatable bonds is 4. The Labute approximate surface area is 112 Å². The minimum Gasteiger partial charge on any atom is -0.358 e. The lowest BCUT2D eigenvalue weighted by Gasteiger charge is -2.39. The maximum atomic E-state index is 12.0. The van der Waals surface area contributed by atoms with Crippen molar-refractivity contribution in [1.29, 1.82) is 0 Å². The molecular weight excluding hydrogens is 246 g/mol. The van der Waals surface area contributed by atoms with Gasteiger partial charge in [0.1, 0.15) is 6.04 Å². The molecule has 1 aromatic heterocycles. The molecule has 100 valence electrons. The average molecular weight is 267 g/mol. The first-order chi connectivity index (χ1) is 8.77. The summed E-state index contributed by atoms with van der Waals surface area (Å²) in [5, 5.41) is 8.18. The van der Waals surface area contributed by atoms with Crippen LogP contribution < -0.4 is 10.6 Å². The summed E-state index contributed by atoms with van der Waals surface area (Å²) in [7, 11) is 1.71. The Morgan fingerprint density at radius 1 is 1.72 bits per heavy atom. The molecule has 0 bridgehead atoms. The second-order valence-corrected chi connectivity index (χ2v) is 5.49. The minimum atomic E-state index is -0.0594. The number of hydrogen-bond donors (Lipinski definition) is 2. The van der Waals surface area contributed by atoms with Gasteiger partial charge in [0.15, 0.2) is 0 Å². The number of hydrogen-bond acceptors (Lipinski definition) is 4. The normalized spacial score (nSPS) is 22.7. The van der Waals surface area contributed by atoms with Crippen molar-refractivity contribution in [2.75, 3.05) is 26.7 Å². The maximum absolute atomic E-state index is 12.0. The van der Waals surface area contributed by atoms with E-state index in [9.17, 15) is 4.79 Å². The summed E-state index contributed by atoms with van der Waals surface area (Å²) in [4.78, 5) is 15.7. The van der Waals surface area contributed by atoms with Crippen LogP contribution in [0.5, 0.6) is 0 Å². The van der Waals surface area contributed by atoms with Gasteiger partial charge in [0.2, 0.25) is 5.91 Å². The van der Waals surface area contributed by atoms with Crippen molar-refractivity contribution in [3.8, 4) is 0 Å². The molecule has 1 aromatic rings. The van der Waals surface area contributed by atoms with Crippen LogP contribution in [0.3, 0.4) is 0 Å². The summed E-state index contributed by atoms with van der Waals surface area (Å²) in [6.45, 7) is 4.80. The van der Waals surface area contributed by atoms with Crippen molar-refractivity contribution in [2.45, 2.75) is 25.4 Å². The fourth-order valence-electron chi connectivity index (χ4n) is 2.58. The van der Waals surface area contributed by atoms with Crippen molar-refractivity contribution in [3.05, 3.63) is 22.4 Å². The SMILES string of the molecule is CCC(c1cccs1)N1CCNCC1C(=O)NC. The number of nitrogens with zero attached hydrogens (tertiary/aromatic N) is 1. The van der Waals surface area contributed by atoms with Crippen molar-refractivity contribution in [1.82, 2.24) is 15.5 Å². The van der Waals surface area contributed by atoms with Crippen LogP contribution in [0.4, 0.5) is 0 Å². The van der Waals surface area contributed by atoms with Gasteiger partial charge >= 0.3 is 0 Å². The summed E-state index contributed by atoms with van der Waals surface area (Å²) in [5.74, 6) is 0.109. The summed E-state index contributed by atoms with van der Waals surface area (Å²) < 4.78 is 0. The molecule has 0 saturated carbocycles. The van der Waals surface area contributed by atoms with Crippen molar-refractivity contribution >= 4 is 17.2 Å². The lowest BCUT2D eigenvalue weighted by Crippen LogP contribution is -2.58. The number of likely N-dealkylation sites (N-methyl/N-ethyl adjacent to an activating group) is 1. The van der Waals surface area contributed by atoms with E-state index in [1.165, 1.54) is 4.88 Å². The van der Waals surface area contributed by atoms with Gasteiger partial charge in [0, 0.05) is 37.6 Å². The van der Waals surface area contributed by atoms with E-state index in [1.807, 2.05) is 0 Å². The van der Waals surface area contributed by atoms with Crippen LogP contribution in [0.25, 0.3) is 0 Å². The Morgan fingerprint density at radius 3 is 3.17 bits per heavy atom. The van der Waals surface area contributed by atoms with E-state index in [2.05, 4.69) is 40.0 Å². The highest BCUT2D eigenvalue weighted by Gasteiger charge is 2.33. The third-order valence-corrected chi connectivity index (χ3v) is 4.47. The number of thiophene rings is 1. The fraction of sp³-hybridized carbons (Fsp3) is 0.615. The van der Waals surface area contributed by atoms with E-state index < -0.39 is 0 Å². The molecule has 4 nitrogen and oxygen atoms in total. The molecule has 1 aliphatic rings. The number of carbonyl (C=O) groups is 1. The number of piperazine rings is 1. The largest absolute Gasteiger partial charge is 0.358 e. The van der Waals surface area contributed by atoms with E-state index >= 15 is 0 Å². The third kappa shape index (κ3) is 2.74. The molecule has 2 heterocycles. The molecular formula is C13H21N3OS. The summed E-state index contributed by atoms with van der Waals surface area (Å²) in [6.07, 6.45) is 1.04. The van der Waals surface area contributed by atoms with Gasteiger partial charge in [0.25, 0.3) is 0 Å². The minimum absolute atomic E-state index is 0.0594. The van der Waals surface area contributed by atoms with Gasteiger partial charge in [-0.15, -0.1) is 11.3 Å². The number of carbonyl (C=O) groups excluding carboxylic acids is 1. The zero-order chi connectivity index (χ0) is 13.0. The van der Waals surface area contributed by atoms with Crippen LogP contribution in [0.2, 0.25) is 0 Å². The highest BCUT2D eigenvalue weighted by atomic mass is 32.1. The fourth-order valence-corrected chi connectivity index (χ4v) is 3.51. The Hall–Kier alpha value is -0.910. The van der Waals surface area contributed by atoms with Gasteiger partial charge in [-0.2, -0.15) is 0 Å². The van der Waals surface area contributed by atoms with E-state index in [4.69, 9.17) is 0 Å². The Morgan fingerprint density at radius 2 is 2.56 bits per heavy atom. The molecule has 1 fully saturated rings. The van der Waals surface area contributed by atoms with Crippen LogP contribution in [-0.4, -0.2) is 43.5 Å². The van der Waals surface area contributed by atoms with Gasteiger partial charge in [-0.05, 0) is 17.9 Å². The van der Waals surface area contributed by atoms with Gasteiger partial charge in [0.05, 0.1) is 0 Å². The van der Waals surface area contributed by atoms with Gasteiger partial charge in [-0.25, -0.2) is 0 Å². The Bertz CT molecular complexity index is 380. The highest BCUT2D eigenvalue weighted by molar-refractivity contribution is 7.10. The molecule has 0 radical (unpaired) electrons. The summed E-state index contributed by atoms with van der Waals surface area (Å²) >= 11 is 1.78. The zero-order valence-corrected chi connectivity index (χ0v) is 11.8. The van der Waals surface area contributed by atoms with Crippen LogP contribution in [-0.2, 0) is 4.79 Å². The van der Waals surface area contributed by atoms with Crippen LogP contribution in [0, 0.1) is 0 Å². The smallest absolute Gasteiger partial charge is 0.238 e. The van der Waals surface area contributed by atoms with E-state index in [0.29, 0.717) is 6.04 Å². The molecule has 0 aliphatic carbocycles. The summed E-state index contributed by atoms with van der Waals surface area (Å²) in [5.41, 5.74) is 0. The third-order valence-electron chi connectivity index (χ3n) is 3.49. The molecule has 1 amide bonds. The number of amides is 1. The van der Waals surface area contributed by atoms with Crippen molar-refractivity contribution in [2.24, 2.45) is 0 Å². The quantitative estimate of drug-likeness (QED) is 0.862.